The first-order valence-electron chi connectivity index (χ1n) is 5.43. The predicted molar refractivity (Wildman–Crippen MR) is 66.5 cm³/mol. The second-order valence-electron chi connectivity index (χ2n) is 4.13. The van der Waals surface area contributed by atoms with Gasteiger partial charge in [0.15, 0.2) is 0 Å². The van der Waals surface area contributed by atoms with Crippen molar-refractivity contribution >= 4 is 0 Å². The molecule has 0 spiro atoms. The number of rotatable bonds is 2. The Hall–Kier alpha value is -1.70. The van der Waals surface area contributed by atoms with Crippen LogP contribution in [0.25, 0.3) is 5.69 Å². The first kappa shape index (κ1) is 10.8. The molecule has 16 heavy (non-hydrogen) atoms. The van der Waals surface area contributed by atoms with E-state index in [1.807, 2.05) is 6.07 Å². The fourth-order valence-electron chi connectivity index (χ4n) is 2.02. The molecule has 1 heterocycles. The molecular formula is C14H17NO. The molecular weight excluding hydrogens is 198 g/mol. The third kappa shape index (κ3) is 1.71. The van der Waals surface area contributed by atoms with Crippen LogP contribution in [-0.2, 0) is 0 Å². The summed E-state index contributed by atoms with van der Waals surface area (Å²) in [6.07, 6.45) is 0. The molecule has 0 aliphatic carbocycles. The largest absolute Gasteiger partial charge is 0.495 e. The summed E-state index contributed by atoms with van der Waals surface area (Å²) in [5.74, 6) is 0.910. The molecule has 0 unspecified atom stereocenters. The van der Waals surface area contributed by atoms with E-state index in [2.05, 4.69) is 49.6 Å². The van der Waals surface area contributed by atoms with Crippen molar-refractivity contribution in [3.63, 3.8) is 0 Å². The number of aryl methyl sites for hydroxylation is 3. The zero-order valence-corrected chi connectivity index (χ0v) is 10.2. The van der Waals surface area contributed by atoms with Crippen LogP contribution in [0.2, 0.25) is 0 Å². The monoisotopic (exact) mass is 215 g/mol. The Morgan fingerprint density at radius 1 is 0.938 bits per heavy atom. The third-order valence-corrected chi connectivity index (χ3v) is 2.85. The van der Waals surface area contributed by atoms with Gasteiger partial charge < -0.3 is 9.30 Å². The van der Waals surface area contributed by atoms with Gasteiger partial charge >= 0.3 is 0 Å². The number of ether oxygens (including phenoxy) is 1. The predicted octanol–water partition coefficient (Wildman–Crippen LogP) is 3.41. The summed E-state index contributed by atoms with van der Waals surface area (Å²) in [4.78, 5) is 0. The van der Waals surface area contributed by atoms with E-state index in [4.69, 9.17) is 4.74 Å². The normalized spacial score (nSPS) is 10.5. The van der Waals surface area contributed by atoms with Crippen LogP contribution in [0, 0.1) is 20.8 Å². The molecule has 0 saturated heterocycles. The van der Waals surface area contributed by atoms with Crippen LogP contribution in [-0.4, -0.2) is 11.7 Å². The van der Waals surface area contributed by atoms with Crippen molar-refractivity contribution in [3.05, 3.63) is 47.3 Å². The topological polar surface area (TPSA) is 14.2 Å². The van der Waals surface area contributed by atoms with Crippen molar-refractivity contribution < 1.29 is 4.74 Å². The molecule has 0 aliphatic rings. The van der Waals surface area contributed by atoms with Crippen molar-refractivity contribution in [2.24, 2.45) is 0 Å². The van der Waals surface area contributed by atoms with Gasteiger partial charge in [0.1, 0.15) is 5.75 Å². The van der Waals surface area contributed by atoms with Crippen LogP contribution in [0.1, 0.15) is 17.0 Å². The number of hydrogen-bond donors (Lipinski definition) is 0. The lowest BCUT2D eigenvalue weighted by Gasteiger charge is -2.14. The van der Waals surface area contributed by atoms with Gasteiger partial charge in [-0.3, -0.25) is 0 Å². The van der Waals surface area contributed by atoms with Crippen molar-refractivity contribution in [1.29, 1.82) is 0 Å². The minimum absolute atomic E-state index is 0.910. The van der Waals surface area contributed by atoms with Gasteiger partial charge in [-0.15, -0.1) is 0 Å². The van der Waals surface area contributed by atoms with Crippen LogP contribution in [0.5, 0.6) is 5.75 Å². The lowest BCUT2D eigenvalue weighted by molar-refractivity contribution is 0.412. The summed E-state index contributed by atoms with van der Waals surface area (Å²) in [6.45, 7) is 6.31. The molecule has 1 aromatic carbocycles. The van der Waals surface area contributed by atoms with E-state index < -0.39 is 0 Å². The summed E-state index contributed by atoms with van der Waals surface area (Å²) >= 11 is 0. The summed E-state index contributed by atoms with van der Waals surface area (Å²) in [5, 5.41) is 0. The van der Waals surface area contributed by atoms with Gasteiger partial charge in [-0.1, -0.05) is 6.07 Å². The maximum absolute atomic E-state index is 5.41. The van der Waals surface area contributed by atoms with Crippen LogP contribution in [0.4, 0.5) is 0 Å². The number of benzene rings is 1. The second kappa shape index (κ2) is 4.05. The second-order valence-corrected chi connectivity index (χ2v) is 4.13. The average molecular weight is 215 g/mol. The molecule has 2 nitrogen and oxygen atoms in total. The SMILES string of the molecule is COc1ccc(C)cc1-n1c(C)ccc1C. The highest BCUT2D eigenvalue weighted by molar-refractivity contribution is 5.51. The Bertz CT molecular complexity index is 492. The lowest BCUT2D eigenvalue weighted by atomic mass is 10.2. The van der Waals surface area contributed by atoms with E-state index in [1.165, 1.54) is 17.0 Å². The van der Waals surface area contributed by atoms with Crippen LogP contribution in [0.15, 0.2) is 30.3 Å². The standard InChI is InChI=1S/C14H17NO/c1-10-5-8-14(16-4)13(9-10)15-11(2)6-7-12(15)3/h5-9H,1-4H3. The maximum Gasteiger partial charge on any atom is 0.142 e. The zero-order valence-electron chi connectivity index (χ0n) is 10.2. The Labute approximate surface area is 96.5 Å². The molecule has 2 aromatic rings. The molecule has 2 heteroatoms. The Kier molecular flexibility index (Phi) is 2.73. The molecule has 0 radical (unpaired) electrons. The highest BCUT2D eigenvalue weighted by Gasteiger charge is 2.09. The quantitative estimate of drug-likeness (QED) is 0.748. The van der Waals surface area contributed by atoms with Gasteiger partial charge in [-0.25, -0.2) is 0 Å². The van der Waals surface area contributed by atoms with Gasteiger partial charge in [0.2, 0.25) is 0 Å². The molecule has 1 aromatic heterocycles. The first-order chi connectivity index (χ1) is 7.63. The van der Waals surface area contributed by atoms with E-state index in [9.17, 15) is 0 Å². The van der Waals surface area contributed by atoms with E-state index in [0.29, 0.717) is 0 Å². The molecule has 0 saturated carbocycles. The molecule has 0 amide bonds. The maximum atomic E-state index is 5.41. The van der Waals surface area contributed by atoms with Gasteiger partial charge in [0.25, 0.3) is 0 Å². The van der Waals surface area contributed by atoms with E-state index in [0.717, 1.165) is 11.4 Å². The molecule has 0 aliphatic heterocycles. The zero-order chi connectivity index (χ0) is 11.7. The van der Waals surface area contributed by atoms with E-state index >= 15 is 0 Å². The van der Waals surface area contributed by atoms with Crippen LogP contribution in [0.3, 0.4) is 0 Å². The number of nitrogens with zero attached hydrogens (tertiary/aromatic N) is 1. The molecule has 0 atom stereocenters. The molecule has 0 fully saturated rings. The van der Waals surface area contributed by atoms with Crippen molar-refractivity contribution in [1.82, 2.24) is 4.57 Å². The van der Waals surface area contributed by atoms with Crippen LogP contribution >= 0.6 is 0 Å². The summed E-state index contributed by atoms with van der Waals surface area (Å²) in [6, 6.07) is 10.5. The third-order valence-electron chi connectivity index (χ3n) is 2.85. The number of methoxy groups -OCH3 is 1. The lowest BCUT2D eigenvalue weighted by Crippen LogP contribution is -2.01. The van der Waals surface area contributed by atoms with Gasteiger partial charge in [-0.05, 0) is 50.6 Å². The Morgan fingerprint density at radius 2 is 1.56 bits per heavy atom. The molecule has 0 N–H and O–H groups in total. The molecule has 0 bridgehead atoms. The summed E-state index contributed by atoms with van der Waals surface area (Å²) < 4.78 is 7.63. The van der Waals surface area contributed by atoms with E-state index in [1.54, 1.807) is 7.11 Å². The Morgan fingerprint density at radius 3 is 2.12 bits per heavy atom. The first-order valence-corrected chi connectivity index (χ1v) is 5.43. The average Bonchev–Trinajstić information content (AvgIpc) is 2.58. The Balaban J connectivity index is 2.67. The fourth-order valence-corrected chi connectivity index (χ4v) is 2.02. The van der Waals surface area contributed by atoms with Crippen LogP contribution < -0.4 is 4.74 Å². The summed E-state index contributed by atoms with van der Waals surface area (Å²) in [7, 11) is 1.71. The number of hydrogen-bond acceptors (Lipinski definition) is 1. The minimum Gasteiger partial charge on any atom is -0.495 e. The number of aromatic nitrogens is 1. The van der Waals surface area contributed by atoms with Gasteiger partial charge in [0, 0.05) is 11.4 Å². The van der Waals surface area contributed by atoms with Gasteiger partial charge in [0.05, 0.1) is 12.8 Å². The highest BCUT2D eigenvalue weighted by Crippen LogP contribution is 2.27. The van der Waals surface area contributed by atoms with Crippen molar-refractivity contribution in [2.45, 2.75) is 20.8 Å². The van der Waals surface area contributed by atoms with Gasteiger partial charge in [-0.2, -0.15) is 0 Å². The van der Waals surface area contributed by atoms with Crippen molar-refractivity contribution in [2.75, 3.05) is 7.11 Å². The molecule has 84 valence electrons. The smallest absolute Gasteiger partial charge is 0.142 e. The summed E-state index contributed by atoms with van der Waals surface area (Å²) in [5.41, 5.74) is 4.80. The minimum atomic E-state index is 0.910. The molecule has 2 rings (SSSR count). The van der Waals surface area contributed by atoms with E-state index in [-0.39, 0.29) is 0 Å². The van der Waals surface area contributed by atoms with Crippen molar-refractivity contribution in [3.8, 4) is 11.4 Å². The highest BCUT2D eigenvalue weighted by atomic mass is 16.5. The fraction of sp³-hybridized carbons (Fsp3) is 0.286.